The quantitative estimate of drug-likeness (QED) is 0.591. The van der Waals surface area contributed by atoms with Gasteiger partial charge in [-0.1, -0.05) is 32.0 Å². The number of hydrogen-bond donors (Lipinski definition) is 2. The maximum Gasteiger partial charge on any atom is 0.251 e. The minimum Gasteiger partial charge on any atom is -0.487 e. The largest absolute Gasteiger partial charge is 0.487 e. The van der Waals surface area contributed by atoms with Crippen molar-refractivity contribution in [1.82, 2.24) is 10.3 Å². The molecule has 0 unspecified atom stereocenters. The van der Waals surface area contributed by atoms with Gasteiger partial charge in [0.1, 0.15) is 12.4 Å². The van der Waals surface area contributed by atoms with Crippen molar-refractivity contribution in [2.45, 2.75) is 27.0 Å². The highest BCUT2D eigenvalue weighted by atomic mass is 16.5. The van der Waals surface area contributed by atoms with Crippen LogP contribution in [0.4, 0.5) is 5.69 Å². The predicted octanol–water partition coefficient (Wildman–Crippen LogP) is 4.19. The molecule has 0 atom stereocenters. The van der Waals surface area contributed by atoms with Gasteiger partial charge in [0, 0.05) is 29.9 Å². The fourth-order valence-corrected chi connectivity index (χ4v) is 2.66. The Hall–Kier alpha value is -3.67. The molecule has 6 heteroatoms. The Morgan fingerprint density at radius 1 is 1.00 bits per heavy atom. The summed E-state index contributed by atoms with van der Waals surface area (Å²) in [7, 11) is 0. The van der Waals surface area contributed by atoms with Crippen molar-refractivity contribution in [3.05, 3.63) is 89.7 Å². The lowest BCUT2D eigenvalue weighted by molar-refractivity contribution is -0.118. The molecule has 154 valence electrons. The zero-order valence-electron chi connectivity index (χ0n) is 17.1. The van der Waals surface area contributed by atoms with Gasteiger partial charge in [0.05, 0.1) is 5.69 Å². The van der Waals surface area contributed by atoms with E-state index in [9.17, 15) is 9.59 Å². The van der Waals surface area contributed by atoms with Gasteiger partial charge < -0.3 is 15.4 Å². The maximum absolute atomic E-state index is 12.4. The highest BCUT2D eigenvalue weighted by Gasteiger charge is 2.09. The molecule has 2 N–H and O–H groups in total. The lowest BCUT2D eigenvalue weighted by Gasteiger charge is -2.10. The molecule has 1 heterocycles. The summed E-state index contributed by atoms with van der Waals surface area (Å²) in [5, 5.41) is 5.71. The summed E-state index contributed by atoms with van der Waals surface area (Å²) >= 11 is 0. The van der Waals surface area contributed by atoms with Crippen molar-refractivity contribution in [3.63, 3.8) is 0 Å². The average molecular weight is 403 g/mol. The molecule has 30 heavy (non-hydrogen) atoms. The first kappa shape index (κ1) is 21.0. The van der Waals surface area contributed by atoms with Gasteiger partial charge in [0.25, 0.3) is 5.91 Å². The summed E-state index contributed by atoms with van der Waals surface area (Å²) < 4.78 is 5.78. The summed E-state index contributed by atoms with van der Waals surface area (Å²) in [6.45, 7) is 4.42. The van der Waals surface area contributed by atoms with E-state index < -0.39 is 0 Å². The third-order valence-corrected chi connectivity index (χ3v) is 4.40. The predicted molar refractivity (Wildman–Crippen MR) is 116 cm³/mol. The number of aromatic nitrogens is 1. The Labute approximate surface area is 176 Å². The Balaban J connectivity index is 1.52. The number of carbonyl (C=O) groups excluding carboxylic acids is 2. The van der Waals surface area contributed by atoms with Gasteiger partial charge in [-0.05, 0) is 54.1 Å². The van der Waals surface area contributed by atoms with E-state index in [0.29, 0.717) is 24.4 Å². The molecule has 0 radical (unpaired) electrons. The smallest absolute Gasteiger partial charge is 0.251 e. The zero-order chi connectivity index (χ0) is 21.3. The molecule has 1 aromatic heterocycles. The van der Waals surface area contributed by atoms with E-state index in [1.165, 1.54) is 0 Å². The number of rotatable bonds is 8. The van der Waals surface area contributed by atoms with Gasteiger partial charge in [-0.2, -0.15) is 0 Å². The molecule has 0 bridgehead atoms. The Morgan fingerprint density at radius 2 is 1.80 bits per heavy atom. The number of nitrogens with zero attached hydrogens (tertiary/aromatic N) is 1. The number of ether oxygens (including phenoxy) is 1. The van der Waals surface area contributed by atoms with Crippen molar-refractivity contribution in [2.75, 3.05) is 5.32 Å². The molecule has 2 aromatic carbocycles. The molecule has 6 nitrogen and oxygen atoms in total. The van der Waals surface area contributed by atoms with Crippen LogP contribution < -0.4 is 15.4 Å². The molecular weight excluding hydrogens is 378 g/mol. The molecule has 0 spiro atoms. The van der Waals surface area contributed by atoms with E-state index in [-0.39, 0.29) is 17.7 Å². The number of carbonyl (C=O) groups is 2. The van der Waals surface area contributed by atoms with Crippen molar-refractivity contribution in [2.24, 2.45) is 5.92 Å². The van der Waals surface area contributed by atoms with E-state index in [4.69, 9.17) is 4.74 Å². The van der Waals surface area contributed by atoms with Gasteiger partial charge in [-0.3, -0.25) is 14.6 Å². The van der Waals surface area contributed by atoms with Crippen LogP contribution >= 0.6 is 0 Å². The van der Waals surface area contributed by atoms with Crippen molar-refractivity contribution < 1.29 is 14.3 Å². The first-order chi connectivity index (χ1) is 14.5. The van der Waals surface area contributed by atoms with Gasteiger partial charge in [0.15, 0.2) is 0 Å². The first-order valence-electron chi connectivity index (χ1n) is 9.82. The summed E-state index contributed by atoms with van der Waals surface area (Å²) in [5.41, 5.74) is 2.98. The van der Waals surface area contributed by atoms with Crippen LogP contribution in [-0.2, 0) is 17.9 Å². The number of hydrogen-bond acceptors (Lipinski definition) is 4. The van der Waals surface area contributed by atoms with Crippen LogP contribution in [0.5, 0.6) is 5.75 Å². The summed E-state index contributed by atoms with van der Waals surface area (Å²) in [4.78, 5) is 28.4. The van der Waals surface area contributed by atoms with E-state index in [0.717, 1.165) is 17.0 Å². The third kappa shape index (κ3) is 6.17. The molecule has 0 saturated heterocycles. The fourth-order valence-electron chi connectivity index (χ4n) is 2.66. The molecule has 0 aliphatic heterocycles. The summed E-state index contributed by atoms with van der Waals surface area (Å²) in [6, 6.07) is 20.1. The van der Waals surface area contributed by atoms with Gasteiger partial charge >= 0.3 is 0 Å². The van der Waals surface area contributed by atoms with Crippen LogP contribution in [0.2, 0.25) is 0 Å². The SMILES string of the molecule is CC(C)C(=O)Nc1ccc(C(=O)NCc2cccc(OCc3ccccn3)c2)cc1. The Morgan fingerprint density at radius 3 is 2.50 bits per heavy atom. The summed E-state index contributed by atoms with van der Waals surface area (Å²) in [5.74, 6) is 0.378. The lowest BCUT2D eigenvalue weighted by atomic mass is 10.1. The van der Waals surface area contributed by atoms with Crippen LogP contribution in [0.1, 0.15) is 35.5 Å². The van der Waals surface area contributed by atoms with Gasteiger partial charge in [-0.15, -0.1) is 0 Å². The molecular formula is C24H25N3O3. The topological polar surface area (TPSA) is 80.3 Å². The van der Waals surface area contributed by atoms with Crippen molar-refractivity contribution in [1.29, 1.82) is 0 Å². The third-order valence-electron chi connectivity index (χ3n) is 4.40. The lowest BCUT2D eigenvalue weighted by Crippen LogP contribution is -2.23. The Kier molecular flexibility index (Phi) is 7.16. The second-order valence-electron chi connectivity index (χ2n) is 7.16. The van der Waals surface area contributed by atoms with Crippen molar-refractivity contribution in [3.8, 4) is 5.75 Å². The number of benzene rings is 2. The van der Waals surface area contributed by atoms with Gasteiger partial charge in [0.2, 0.25) is 5.91 Å². The molecule has 0 aliphatic carbocycles. The molecule has 3 rings (SSSR count). The number of anilines is 1. The molecule has 0 fully saturated rings. The number of pyridine rings is 1. The van der Waals surface area contributed by atoms with Gasteiger partial charge in [-0.25, -0.2) is 0 Å². The Bertz CT molecular complexity index is 986. The molecule has 3 aromatic rings. The first-order valence-corrected chi connectivity index (χ1v) is 9.82. The van der Waals surface area contributed by atoms with E-state index in [1.807, 2.05) is 56.3 Å². The van der Waals surface area contributed by atoms with Crippen LogP contribution in [0.3, 0.4) is 0 Å². The number of amides is 2. The highest BCUT2D eigenvalue weighted by molar-refractivity contribution is 5.96. The molecule has 0 saturated carbocycles. The van der Waals surface area contributed by atoms with Crippen molar-refractivity contribution >= 4 is 17.5 Å². The minimum atomic E-state index is -0.184. The van der Waals surface area contributed by atoms with E-state index >= 15 is 0 Å². The average Bonchev–Trinajstić information content (AvgIpc) is 2.77. The normalized spacial score (nSPS) is 10.5. The fraction of sp³-hybridized carbons (Fsp3) is 0.208. The zero-order valence-corrected chi connectivity index (χ0v) is 17.1. The summed E-state index contributed by atoms with van der Waals surface area (Å²) in [6.07, 6.45) is 1.73. The van der Waals surface area contributed by atoms with Crippen LogP contribution in [0.15, 0.2) is 72.9 Å². The standard InChI is InChI=1S/C24H25N3O3/c1-17(2)23(28)27-20-11-9-19(10-12-20)24(29)26-15-18-6-5-8-22(14-18)30-16-21-7-3-4-13-25-21/h3-14,17H,15-16H2,1-2H3,(H,26,29)(H,27,28). The molecule has 0 aliphatic rings. The van der Waals surface area contributed by atoms with Crippen LogP contribution in [-0.4, -0.2) is 16.8 Å². The second-order valence-corrected chi connectivity index (χ2v) is 7.16. The number of nitrogens with one attached hydrogen (secondary N) is 2. The van der Waals surface area contributed by atoms with E-state index in [2.05, 4.69) is 15.6 Å². The monoisotopic (exact) mass is 403 g/mol. The van der Waals surface area contributed by atoms with Crippen LogP contribution in [0, 0.1) is 5.92 Å². The maximum atomic E-state index is 12.4. The highest BCUT2D eigenvalue weighted by Crippen LogP contribution is 2.15. The minimum absolute atomic E-state index is 0.0580. The second kappa shape index (κ2) is 10.2. The molecule has 2 amide bonds. The van der Waals surface area contributed by atoms with Crippen LogP contribution in [0.25, 0.3) is 0 Å². The van der Waals surface area contributed by atoms with E-state index in [1.54, 1.807) is 30.5 Å².